The summed E-state index contributed by atoms with van der Waals surface area (Å²) in [6.07, 6.45) is 0. The van der Waals surface area contributed by atoms with Gasteiger partial charge in [-0.3, -0.25) is 4.90 Å². The average Bonchev–Trinajstić information content (AvgIpc) is 2.36. The Labute approximate surface area is 114 Å². The summed E-state index contributed by atoms with van der Waals surface area (Å²) < 4.78 is 0. The quantitative estimate of drug-likeness (QED) is 0.770. The number of nitrogens with zero attached hydrogens (tertiary/aromatic N) is 1. The molecule has 0 amide bonds. The molecular weight excluding hydrogens is 252 g/mol. The summed E-state index contributed by atoms with van der Waals surface area (Å²) in [6.45, 7) is 5.83. The zero-order valence-corrected chi connectivity index (χ0v) is 11.4. The second-order valence-electron chi connectivity index (χ2n) is 4.53. The molecule has 1 aliphatic heterocycles. The smallest absolute Gasteiger partial charge is 0.118 e. The van der Waals surface area contributed by atoms with Gasteiger partial charge in [-0.25, -0.2) is 0 Å². The van der Waals surface area contributed by atoms with E-state index >= 15 is 0 Å². The third kappa shape index (κ3) is 3.36. The van der Waals surface area contributed by atoms with Gasteiger partial charge in [0.1, 0.15) is 5.75 Å². The van der Waals surface area contributed by atoms with Crippen LogP contribution in [0.5, 0.6) is 5.75 Å². The molecule has 0 radical (unpaired) electrons. The average molecular weight is 273 g/mol. The van der Waals surface area contributed by atoms with Crippen molar-refractivity contribution in [3.8, 4) is 5.75 Å². The highest BCUT2D eigenvalue weighted by Crippen LogP contribution is 2.25. The molecule has 0 spiro atoms. The third-order valence-electron chi connectivity index (χ3n) is 3.37. The Bertz CT molecular complexity index is 381. The Balaban J connectivity index is 0.00000162. The summed E-state index contributed by atoms with van der Waals surface area (Å²) in [5.74, 6) is 0.311. The first-order valence-corrected chi connectivity index (χ1v) is 6.07. The number of phenols is 1. The molecule has 1 aliphatic rings. The van der Waals surface area contributed by atoms with E-state index in [0.29, 0.717) is 5.75 Å². The van der Waals surface area contributed by atoms with E-state index in [0.717, 1.165) is 37.3 Å². The van der Waals surface area contributed by atoms with Crippen molar-refractivity contribution in [2.24, 2.45) is 0 Å². The summed E-state index contributed by atoms with van der Waals surface area (Å²) in [5.41, 5.74) is 1.93. The molecule has 1 saturated heterocycles. The molecule has 0 aromatic heterocycles. The fraction of sp³-hybridized carbons (Fsp3) is 0.538. The number of piperazine rings is 1. The van der Waals surface area contributed by atoms with Crippen molar-refractivity contribution in [1.29, 1.82) is 0 Å². The van der Waals surface area contributed by atoms with Gasteiger partial charge in [0.2, 0.25) is 0 Å². The summed E-state index contributed by atoms with van der Waals surface area (Å²) in [4.78, 5) is 2.28. The number of hydrogen-bond acceptors (Lipinski definition) is 4. The zero-order valence-electron chi connectivity index (χ0n) is 10.6. The molecule has 1 aromatic carbocycles. The van der Waals surface area contributed by atoms with Gasteiger partial charge in [-0.15, -0.1) is 12.4 Å². The van der Waals surface area contributed by atoms with Gasteiger partial charge in [0.25, 0.3) is 0 Å². The number of rotatable bonds is 3. The Hall–Kier alpha value is -0.810. The molecule has 1 fully saturated rings. The van der Waals surface area contributed by atoms with Crippen LogP contribution in [-0.4, -0.2) is 47.9 Å². The van der Waals surface area contributed by atoms with Crippen LogP contribution in [0.25, 0.3) is 0 Å². The molecule has 3 N–H and O–H groups in total. The van der Waals surface area contributed by atoms with Crippen LogP contribution in [0.1, 0.15) is 17.2 Å². The Morgan fingerprint density at radius 1 is 1.33 bits per heavy atom. The van der Waals surface area contributed by atoms with Crippen molar-refractivity contribution < 1.29 is 10.2 Å². The van der Waals surface area contributed by atoms with Crippen LogP contribution in [0.2, 0.25) is 0 Å². The standard InChI is InChI=1S/C13H20N2O2.ClH/c1-10-8-11(2-3-13(10)17)12(9-16)15-6-4-14-5-7-15;/h2-3,8,12,14,16-17H,4-7,9H2,1H3;1H/t12-;/m0./s1. The molecule has 0 aliphatic carbocycles. The summed E-state index contributed by atoms with van der Waals surface area (Å²) in [6, 6.07) is 5.59. The van der Waals surface area contributed by atoms with E-state index in [1.165, 1.54) is 0 Å². The topological polar surface area (TPSA) is 55.7 Å². The normalized spacial score (nSPS) is 18.1. The van der Waals surface area contributed by atoms with E-state index in [9.17, 15) is 10.2 Å². The van der Waals surface area contributed by atoms with E-state index in [1.54, 1.807) is 6.07 Å². The van der Waals surface area contributed by atoms with E-state index in [1.807, 2.05) is 19.1 Å². The zero-order chi connectivity index (χ0) is 12.3. The molecule has 4 nitrogen and oxygen atoms in total. The Morgan fingerprint density at radius 3 is 2.56 bits per heavy atom. The van der Waals surface area contributed by atoms with Crippen LogP contribution in [-0.2, 0) is 0 Å². The van der Waals surface area contributed by atoms with Crippen molar-refractivity contribution in [3.63, 3.8) is 0 Å². The van der Waals surface area contributed by atoms with Gasteiger partial charge in [-0.05, 0) is 24.1 Å². The SMILES string of the molecule is Cc1cc([C@H](CO)N2CCNCC2)ccc1O.Cl. The predicted molar refractivity (Wildman–Crippen MR) is 74.4 cm³/mol. The van der Waals surface area contributed by atoms with Gasteiger partial charge >= 0.3 is 0 Å². The largest absolute Gasteiger partial charge is 0.508 e. The minimum absolute atomic E-state index is 0. The second kappa shape index (κ2) is 6.95. The van der Waals surface area contributed by atoms with Crippen molar-refractivity contribution >= 4 is 12.4 Å². The number of aliphatic hydroxyl groups is 1. The van der Waals surface area contributed by atoms with E-state index in [-0.39, 0.29) is 25.1 Å². The number of aryl methyl sites for hydroxylation is 1. The van der Waals surface area contributed by atoms with Crippen LogP contribution < -0.4 is 5.32 Å². The predicted octanol–water partition coefficient (Wildman–Crippen LogP) is 1.06. The highest BCUT2D eigenvalue weighted by atomic mass is 35.5. The van der Waals surface area contributed by atoms with Crippen LogP contribution in [0, 0.1) is 6.92 Å². The summed E-state index contributed by atoms with van der Waals surface area (Å²) >= 11 is 0. The van der Waals surface area contributed by atoms with Gasteiger partial charge in [0.15, 0.2) is 0 Å². The van der Waals surface area contributed by atoms with E-state index < -0.39 is 0 Å². The summed E-state index contributed by atoms with van der Waals surface area (Å²) in [5, 5.41) is 22.4. The molecule has 1 aromatic rings. The summed E-state index contributed by atoms with van der Waals surface area (Å²) in [7, 11) is 0. The number of nitrogens with one attached hydrogen (secondary N) is 1. The maximum atomic E-state index is 9.57. The fourth-order valence-corrected chi connectivity index (χ4v) is 2.31. The van der Waals surface area contributed by atoms with Gasteiger partial charge in [-0.1, -0.05) is 12.1 Å². The Kier molecular flexibility index (Phi) is 5.88. The minimum atomic E-state index is 0. The van der Waals surface area contributed by atoms with Crippen molar-refractivity contribution in [1.82, 2.24) is 10.2 Å². The number of hydrogen-bond donors (Lipinski definition) is 3. The van der Waals surface area contributed by atoms with Crippen LogP contribution in [0.4, 0.5) is 0 Å². The van der Waals surface area contributed by atoms with Gasteiger partial charge < -0.3 is 15.5 Å². The number of benzene rings is 1. The second-order valence-corrected chi connectivity index (χ2v) is 4.53. The molecule has 0 bridgehead atoms. The van der Waals surface area contributed by atoms with Gasteiger partial charge in [-0.2, -0.15) is 0 Å². The van der Waals surface area contributed by atoms with Crippen molar-refractivity contribution in [2.75, 3.05) is 32.8 Å². The molecule has 0 saturated carbocycles. The molecule has 1 heterocycles. The maximum absolute atomic E-state index is 9.57. The first-order chi connectivity index (χ1) is 8.22. The van der Waals surface area contributed by atoms with Crippen molar-refractivity contribution in [2.45, 2.75) is 13.0 Å². The number of aliphatic hydroxyl groups excluding tert-OH is 1. The molecule has 2 rings (SSSR count). The molecule has 0 unspecified atom stereocenters. The molecule has 1 atom stereocenters. The Morgan fingerprint density at radius 2 is 2.00 bits per heavy atom. The first-order valence-electron chi connectivity index (χ1n) is 6.07. The lowest BCUT2D eigenvalue weighted by Gasteiger charge is -2.34. The molecular formula is C13H21ClN2O2. The third-order valence-corrected chi connectivity index (χ3v) is 3.37. The van der Waals surface area contributed by atoms with Crippen LogP contribution in [0.3, 0.4) is 0 Å². The van der Waals surface area contributed by atoms with Gasteiger partial charge in [0.05, 0.1) is 12.6 Å². The lowest BCUT2D eigenvalue weighted by Crippen LogP contribution is -2.46. The maximum Gasteiger partial charge on any atom is 0.118 e. The highest BCUT2D eigenvalue weighted by molar-refractivity contribution is 5.85. The molecule has 5 heteroatoms. The van der Waals surface area contributed by atoms with Crippen molar-refractivity contribution in [3.05, 3.63) is 29.3 Å². The number of phenolic OH excluding ortho intramolecular Hbond substituents is 1. The lowest BCUT2D eigenvalue weighted by atomic mass is 10.0. The van der Waals surface area contributed by atoms with Crippen LogP contribution >= 0.6 is 12.4 Å². The molecule has 18 heavy (non-hydrogen) atoms. The van der Waals surface area contributed by atoms with Crippen LogP contribution in [0.15, 0.2) is 18.2 Å². The van der Waals surface area contributed by atoms with Gasteiger partial charge in [0, 0.05) is 26.2 Å². The highest BCUT2D eigenvalue weighted by Gasteiger charge is 2.21. The number of aromatic hydroxyl groups is 1. The minimum Gasteiger partial charge on any atom is -0.508 e. The molecule has 102 valence electrons. The lowest BCUT2D eigenvalue weighted by molar-refractivity contribution is 0.111. The van der Waals surface area contributed by atoms with E-state index in [4.69, 9.17) is 0 Å². The number of halogens is 1. The van der Waals surface area contributed by atoms with E-state index in [2.05, 4.69) is 10.2 Å². The monoisotopic (exact) mass is 272 g/mol. The first kappa shape index (κ1) is 15.2. The fourth-order valence-electron chi connectivity index (χ4n) is 2.31.